The molecule has 1 aliphatic rings. The van der Waals surface area contributed by atoms with Gasteiger partial charge >= 0.3 is 0 Å². The van der Waals surface area contributed by atoms with Gasteiger partial charge in [0, 0.05) is 38.7 Å². The minimum absolute atomic E-state index is 0.267. The van der Waals surface area contributed by atoms with Gasteiger partial charge in [-0.1, -0.05) is 0 Å². The Morgan fingerprint density at radius 2 is 2.26 bits per heavy atom. The highest BCUT2D eigenvalue weighted by Gasteiger charge is 2.20. The Morgan fingerprint density at radius 3 is 3.00 bits per heavy atom. The molecule has 3 rings (SSSR count). The third kappa shape index (κ3) is 2.16. The Bertz CT molecular complexity index is 632. The Kier molecular flexibility index (Phi) is 2.89. The van der Waals surface area contributed by atoms with E-state index in [9.17, 15) is 4.79 Å². The number of nitrogen functional groups attached to an aromatic ring is 1. The number of aryl methyl sites for hydroxylation is 1. The Morgan fingerprint density at radius 1 is 1.42 bits per heavy atom. The van der Waals surface area contributed by atoms with Crippen LogP contribution >= 0.6 is 0 Å². The molecule has 0 spiro atoms. The molecule has 5 nitrogen and oxygen atoms in total. The quantitative estimate of drug-likeness (QED) is 0.844. The first kappa shape index (κ1) is 12.0. The lowest BCUT2D eigenvalue weighted by molar-refractivity contribution is -0.127. The molecular formula is C14H18N4O. The van der Waals surface area contributed by atoms with Gasteiger partial charge in [-0.15, -0.1) is 0 Å². The maximum atomic E-state index is 11.6. The number of nitrogens with two attached hydrogens (primary N) is 1. The lowest BCUT2D eigenvalue weighted by Crippen LogP contribution is -2.27. The fraction of sp³-hybridized carbons (Fsp3) is 0.429. The van der Waals surface area contributed by atoms with Gasteiger partial charge in [-0.05, 0) is 24.6 Å². The molecule has 1 aromatic carbocycles. The number of aromatic nitrogens is 2. The predicted octanol–water partition coefficient (Wildman–Crippen LogP) is 1.32. The van der Waals surface area contributed by atoms with E-state index in [2.05, 4.69) is 9.55 Å². The minimum Gasteiger partial charge on any atom is -0.399 e. The van der Waals surface area contributed by atoms with Crippen molar-refractivity contribution in [3.63, 3.8) is 0 Å². The van der Waals surface area contributed by atoms with Crippen molar-refractivity contribution in [3.8, 4) is 0 Å². The van der Waals surface area contributed by atoms with E-state index in [4.69, 9.17) is 5.73 Å². The van der Waals surface area contributed by atoms with Crippen LogP contribution < -0.4 is 5.73 Å². The molecule has 2 aromatic rings. The van der Waals surface area contributed by atoms with Gasteiger partial charge in [-0.2, -0.15) is 0 Å². The van der Waals surface area contributed by atoms with Crippen molar-refractivity contribution in [3.05, 3.63) is 24.0 Å². The molecule has 19 heavy (non-hydrogen) atoms. The summed E-state index contributed by atoms with van der Waals surface area (Å²) >= 11 is 0. The number of carbonyl (C=O) groups excluding carboxylic acids is 1. The molecule has 2 N–H and O–H groups in total. The van der Waals surface area contributed by atoms with Gasteiger partial charge in [0.25, 0.3) is 0 Å². The highest BCUT2D eigenvalue weighted by molar-refractivity contribution is 5.80. The molecular weight excluding hydrogens is 240 g/mol. The number of hydrogen-bond acceptors (Lipinski definition) is 3. The van der Waals surface area contributed by atoms with Crippen LogP contribution in [0.15, 0.2) is 18.2 Å². The van der Waals surface area contributed by atoms with Crippen molar-refractivity contribution in [1.82, 2.24) is 14.5 Å². The molecule has 1 amide bonds. The number of imidazole rings is 1. The van der Waals surface area contributed by atoms with Gasteiger partial charge in [0.05, 0.1) is 11.0 Å². The second-order valence-electron chi connectivity index (χ2n) is 5.07. The summed E-state index contributed by atoms with van der Waals surface area (Å²) in [6, 6.07) is 5.76. The number of anilines is 1. The summed E-state index contributed by atoms with van der Waals surface area (Å²) < 4.78 is 2.08. The largest absolute Gasteiger partial charge is 0.399 e. The fourth-order valence-corrected chi connectivity index (χ4v) is 2.67. The van der Waals surface area contributed by atoms with Crippen molar-refractivity contribution in [2.75, 3.05) is 18.8 Å². The third-order valence-electron chi connectivity index (χ3n) is 3.77. The fourth-order valence-electron chi connectivity index (χ4n) is 2.67. The van der Waals surface area contributed by atoms with Crippen LogP contribution in [0.2, 0.25) is 0 Å². The molecule has 0 unspecified atom stereocenters. The molecule has 0 aliphatic carbocycles. The van der Waals surface area contributed by atoms with Gasteiger partial charge in [-0.3, -0.25) is 4.79 Å². The van der Waals surface area contributed by atoms with E-state index in [1.54, 1.807) is 0 Å². The predicted molar refractivity (Wildman–Crippen MR) is 74.6 cm³/mol. The second-order valence-corrected chi connectivity index (χ2v) is 5.07. The number of hydrogen-bond donors (Lipinski definition) is 1. The molecule has 0 saturated carbocycles. The number of fused-ring (bicyclic) bond motifs is 1. The van der Waals surface area contributed by atoms with Gasteiger partial charge in [0.15, 0.2) is 0 Å². The zero-order valence-corrected chi connectivity index (χ0v) is 11.1. The Hall–Kier alpha value is -2.04. The summed E-state index contributed by atoms with van der Waals surface area (Å²) in [5, 5.41) is 0. The first-order chi connectivity index (χ1) is 9.15. The van der Waals surface area contributed by atoms with Crippen LogP contribution in [0.5, 0.6) is 0 Å². The van der Waals surface area contributed by atoms with E-state index in [0.29, 0.717) is 6.42 Å². The lowest BCUT2D eigenvalue weighted by Gasteiger charge is -2.14. The van der Waals surface area contributed by atoms with Crippen molar-refractivity contribution in [2.45, 2.75) is 19.3 Å². The second kappa shape index (κ2) is 4.57. The van der Waals surface area contributed by atoms with Crippen LogP contribution in [0, 0.1) is 0 Å². The normalized spacial score (nSPS) is 15.6. The summed E-state index contributed by atoms with van der Waals surface area (Å²) in [5.41, 5.74) is 8.50. The number of rotatable bonds is 3. The standard InChI is InChI=1S/C14H18N4O/c1-17-12-5-4-10(15)9-11(12)16-13(17)6-8-18-7-2-3-14(18)19/h4-5,9H,2-3,6-8,15H2,1H3. The zero-order valence-electron chi connectivity index (χ0n) is 11.1. The van der Waals surface area contributed by atoms with Crippen LogP contribution in [0.4, 0.5) is 5.69 Å². The number of benzene rings is 1. The highest BCUT2D eigenvalue weighted by atomic mass is 16.2. The molecule has 0 radical (unpaired) electrons. The average Bonchev–Trinajstić information content (AvgIpc) is 2.91. The lowest BCUT2D eigenvalue weighted by atomic mass is 10.3. The van der Waals surface area contributed by atoms with E-state index >= 15 is 0 Å². The molecule has 2 heterocycles. The topological polar surface area (TPSA) is 64.2 Å². The number of likely N-dealkylation sites (tertiary alicyclic amines) is 1. The molecule has 1 aliphatic heterocycles. The summed E-state index contributed by atoms with van der Waals surface area (Å²) in [6.07, 6.45) is 2.47. The minimum atomic E-state index is 0.267. The van der Waals surface area contributed by atoms with Crippen molar-refractivity contribution < 1.29 is 4.79 Å². The molecule has 5 heteroatoms. The Balaban J connectivity index is 1.81. The Labute approximate surface area is 112 Å². The SMILES string of the molecule is Cn1c(CCN2CCCC2=O)nc2cc(N)ccc21. The molecule has 0 bridgehead atoms. The number of nitrogens with zero attached hydrogens (tertiary/aromatic N) is 3. The zero-order chi connectivity index (χ0) is 13.4. The van der Waals surface area contributed by atoms with Crippen LogP contribution in [0.1, 0.15) is 18.7 Å². The van der Waals surface area contributed by atoms with Gasteiger partial charge < -0.3 is 15.2 Å². The van der Waals surface area contributed by atoms with E-state index in [1.165, 1.54) is 0 Å². The third-order valence-corrected chi connectivity index (χ3v) is 3.77. The summed E-state index contributed by atoms with van der Waals surface area (Å²) in [7, 11) is 2.01. The summed E-state index contributed by atoms with van der Waals surface area (Å²) in [4.78, 5) is 18.1. The molecule has 0 atom stereocenters. The van der Waals surface area contributed by atoms with E-state index in [-0.39, 0.29) is 5.91 Å². The van der Waals surface area contributed by atoms with E-state index in [0.717, 1.165) is 48.5 Å². The van der Waals surface area contributed by atoms with Gasteiger partial charge in [0.2, 0.25) is 5.91 Å². The summed E-state index contributed by atoms with van der Waals surface area (Å²) in [5.74, 6) is 1.27. The maximum Gasteiger partial charge on any atom is 0.222 e. The van der Waals surface area contributed by atoms with Crippen LogP contribution in [-0.2, 0) is 18.3 Å². The molecule has 1 aromatic heterocycles. The van der Waals surface area contributed by atoms with Gasteiger partial charge in [0.1, 0.15) is 5.82 Å². The van der Waals surface area contributed by atoms with Crippen LogP contribution in [0.25, 0.3) is 11.0 Å². The van der Waals surface area contributed by atoms with Crippen LogP contribution in [0.3, 0.4) is 0 Å². The summed E-state index contributed by atoms with van der Waals surface area (Å²) in [6.45, 7) is 1.64. The molecule has 100 valence electrons. The van der Waals surface area contributed by atoms with Crippen LogP contribution in [-0.4, -0.2) is 33.4 Å². The molecule has 1 fully saturated rings. The first-order valence-electron chi connectivity index (χ1n) is 6.64. The monoisotopic (exact) mass is 258 g/mol. The number of amides is 1. The van der Waals surface area contributed by atoms with Crippen molar-refractivity contribution in [2.24, 2.45) is 7.05 Å². The molecule has 1 saturated heterocycles. The maximum absolute atomic E-state index is 11.6. The van der Waals surface area contributed by atoms with Crippen molar-refractivity contribution in [1.29, 1.82) is 0 Å². The van der Waals surface area contributed by atoms with Gasteiger partial charge in [-0.25, -0.2) is 4.98 Å². The average molecular weight is 258 g/mol. The highest BCUT2D eigenvalue weighted by Crippen LogP contribution is 2.19. The number of carbonyl (C=O) groups is 1. The van der Waals surface area contributed by atoms with E-state index < -0.39 is 0 Å². The van der Waals surface area contributed by atoms with Crippen molar-refractivity contribution >= 4 is 22.6 Å². The van der Waals surface area contributed by atoms with E-state index in [1.807, 2.05) is 30.1 Å². The first-order valence-corrected chi connectivity index (χ1v) is 6.64. The smallest absolute Gasteiger partial charge is 0.222 e.